The molecular weight excluding hydrogens is 248 g/mol. The number of nitrogens with one attached hydrogen (secondary N) is 1. The van der Waals surface area contributed by atoms with Gasteiger partial charge in [-0.25, -0.2) is 13.1 Å². The van der Waals surface area contributed by atoms with E-state index in [0.717, 1.165) is 12.0 Å². The van der Waals surface area contributed by atoms with E-state index in [4.69, 9.17) is 5.73 Å². The lowest BCUT2D eigenvalue weighted by atomic mass is 9.91. The van der Waals surface area contributed by atoms with E-state index >= 15 is 0 Å². The number of rotatable bonds is 6. The largest absolute Gasteiger partial charge is 0.399 e. The second kappa shape index (κ2) is 5.71. The Morgan fingerprint density at radius 2 is 1.78 bits per heavy atom. The molecule has 5 heteroatoms. The molecule has 4 nitrogen and oxygen atoms in total. The highest BCUT2D eigenvalue weighted by atomic mass is 32.2. The number of nitrogen functional groups attached to an aromatic ring is 1. The maximum absolute atomic E-state index is 11.9. The quantitative estimate of drug-likeness (QED) is 0.778. The van der Waals surface area contributed by atoms with Crippen LogP contribution in [0.3, 0.4) is 0 Å². The van der Waals surface area contributed by atoms with Crippen molar-refractivity contribution in [2.24, 2.45) is 5.41 Å². The van der Waals surface area contributed by atoms with Crippen molar-refractivity contribution in [1.82, 2.24) is 4.72 Å². The molecule has 3 N–H and O–H groups in total. The van der Waals surface area contributed by atoms with Gasteiger partial charge in [-0.15, -0.1) is 0 Å². The average Bonchev–Trinajstić information content (AvgIpc) is 2.30. The molecule has 0 aliphatic rings. The van der Waals surface area contributed by atoms with Gasteiger partial charge in [0.15, 0.2) is 0 Å². The first-order chi connectivity index (χ1) is 8.24. The molecular formula is C13H22N2O2S. The number of anilines is 1. The first-order valence-corrected chi connectivity index (χ1v) is 7.71. The summed E-state index contributed by atoms with van der Waals surface area (Å²) in [6, 6.07) is 6.89. The Balaban J connectivity index is 2.63. The van der Waals surface area contributed by atoms with Crippen LogP contribution in [0.4, 0.5) is 5.69 Å². The fourth-order valence-corrected chi connectivity index (χ4v) is 2.66. The number of nitrogens with two attached hydrogens (primary N) is 1. The summed E-state index contributed by atoms with van der Waals surface area (Å²) in [5.41, 5.74) is 6.92. The molecule has 0 amide bonds. The van der Waals surface area contributed by atoms with Gasteiger partial charge in [0.05, 0.1) is 5.75 Å². The van der Waals surface area contributed by atoms with Crippen LogP contribution < -0.4 is 10.5 Å². The fraction of sp³-hybridized carbons (Fsp3) is 0.538. The first kappa shape index (κ1) is 15.0. The normalized spacial score (nSPS) is 12.6. The van der Waals surface area contributed by atoms with Crippen LogP contribution in [0.15, 0.2) is 24.3 Å². The Hall–Kier alpha value is -1.07. The van der Waals surface area contributed by atoms with Crippen molar-refractivity contribution >= 4 is 15.7 Å². The van der Waals surface area contributed by atoms with Crippen LogP contribution in [-0.2, 0) is 15.8 Å². The summed E-state index contributed by atoms with van der Waals surface area (Å²) in [5.74, 6) is -0.00687. The van der Waals surface area contributed by atoms with Crippen molar-refractivity contribution in [3.8, 4) is 0 Å². The first-order valence-electron chi connectivity index (χ1n) is 6.06. The molecule has 0 aromatic heterocycles. The molecule has 0 spiro atoms. The molecule has 0 saturated carbocycles. The number of hydrogen-bond donors (Lipinski definition) is 2. The highest BCUT2D eigenvalue weighted by molar-refractivity contribution is 7.88. The van der Waals surface area contributed by atoms with Crippen LogP contribution in [0, 0.1) is 5.41 Å². The summed E-state index contributed by atoms with van der Waals surface area (Å²) in [6.45, 7) is 6.59. The maximum Gasteiger partial charge on any atom is 0.215 e. The summed E-state index contributed by atoms with van der Waals surface area (Å²) >= 11 is 0. The van der Waals surface area contributed by atoms with Crippen molar-refractivity contribution in [1.29, 1.82) is 0 Å². The average molecular weight is 270 g/mol. The van der Waals surface area contributed by atoms with Crippen LogP contribution in [0.5, 0.6) is 0 Å². The van der Waals surface area contributed by atoms with Crippen LogP contribution in [0.1, 0.15) is 32.8 Å². The summed E-state index contributed by atoms with van der Waals surface area (Å²) in [5, 5.41) is 0. The van der Waals surface area contributed by atoms with Gasteiger partial charge in [0.1, 0.15) is 0 Å². The highest BCUT2D eigenvalue weighted by Gasteiger charge is 2.19. The van der Waals surface area contributed by atoms with Gasteiger partial charge < -0.3 is 5.73 Å². The highest BCUT2D eigenvalue weighted by Crippen LogP contribution is 2.18. The molecule has 1 aromatic carbocycles. The molecule has 0 unspecified atom stereocenters. The van der Waals surface area contributed by atoms with E-state index in [9.17, 15) is 8.42 Å². The van der Waals surface area contributed by atoms with Gasteiger partial charge in [-0.05, 0) is 29.5 Å². The molecule has 18 heavy (non-hydrogen) atoms. The van der Waals surface area contributed by atoms with E-state index in [1.165, 1.54) is 0 Å². The van der Waals surface area contributed by atoms with Gasteiger partial charge in [-0.1, -0.05) is 32.9 Å². The maximum atomic E-state index is 11.9. The Morgan fingerprint density at radius 3 is 2.28 bits per heavy atom. The van der Waals surface area contributed by atoms with Crippen LogP contribution in [0.2, 0.25) is 0 Å². The van der Waals surface area contributed by atoms with E-state index in [1.807, 2.05) is 20.8 Å². The molecule has 102 valence electrons. The van der Waals surface area contributed by atoms with Crippen molar-refractivity contribution in [2.45, 2.75) is 32.9 Å². The van der Waals surface area contributed by atoms with Crippen molar-refractivity contribution < 1.29 is 8.42 Å². The lowest BCUT2D eigenvalue weighted by Crippen LogP contribution is -2.34. The molecule has 0 atom stereocenters. The number of hydrogen-bond acceptors (Lipinski definition) is 3. The minimum Gasteiger partial charge on any atom is -0.399 e. The molecule has 0 heterocycles. The van der Waals surface area contributed by atoms with Crippen LogP contribution in [-0.4, -0.2) is 15.0 Å². The Labute approximate surface area is 110 Å². The lowest BCUT2D eigenvalue weighted by Gasteiger charge is -2.22. The monoisotopic (exact) mass is 270 g/mol. The van der Waals surface area contributed by atoms with E-state index in [2.05, 4.69) is 4.72 Å². The summed E-state index contributed by atoms with van der Waals surface area (Å²) in [4.78, 5) is 0. The number of sulfonamides is 1. The van der Waals surface area contributed by atoms with Crippen molar-refractivity contribution in [3.05, 3.63) is 29.8 Å². The smallest absolute Gasteiger partial charge is 0.215 e. The second-order valence-electron chi connectivity index (χ2n) is 5.34. The third kappa shape index (κ3) is 5.06. The van der Waals surface area contributed by atoms with Gasteiger partial charge in [0.2, 0.25) is 10.0 Å². The predicted molar refractivity (Wildman–Crippen MR) is 75.6 cm³/mol. The fourth-order valence-electron chi connectivity index (χ4n) is 1.31. The van der Waals surface area contributed by atoms with Gasteiger partial charge in [0.25, 0.3) is 0 Å². The third-order valence-electron chi connectivity index (χ3n) is 3.06. The SMILES string of the molecule is CCC(C)(C)CNS(=O)(=O)Cc1ccc(N)cc1. The van der Waals surface area contributed by atoms with E-state index < -0.39 is 10.0 Å². The summed E-state index contributed by atoms with van der Waals surface area (Å²) < 4.78 is 26.5. The standard InChI is InChI=1S/C13H22N2O2S/c1-4-13(2,3)10-15-18(16,17)9-11-5-7-12(14)8-6-11/h5-8,15H,4,9-10,14H2,1-3H3. The second-order valence-corrected chi connectivity index (χ2v) is 7.15. The minimum absolute atomic E-state index is 0.00687. The predicted octanol–water partition coefficient (Wildman–Crippen LogP) is 2.12. The molecule has 0 bridgehead atoms. The van der Waals surface area contributed by atoms with Gasteiger partial charge in [-0.2, -0.15) is 0 Å². The molecule has 1 rings (SSSR count). The molecule has 0 fully saturated rings. The molecule has 0 aliphatic heterocycles. The molecule has 0 saturated heterocycles. The molecule has 0 aliphatic carbocycles. The number of benzene rings is 1. The van der Waals surface area contributed by atoms with E-state index in [0.29, 0.717) is 12.2 Å². The summed E-state index contributed by atoms with van der Waals surface area (Å²) in [7, 11) is -3.28. The van der Waals surface area contributed by atoms with Crippen LogP contribution >= 0.6 is 0 Å². The lowest BCUT2D eigenvalue weighted by molar-refractivity contribution is 0.350. The molecule has 1 aromatic rings. The molecule has 0 radical (unpaired) electrons. The zero-order valence-corrected chi connectivity index (χ0v) is 12.0. The topological polar surface area (TPSA) is 72.2 Å². The Kier molecular flexibility index (Phi) is 4.76. The third-order valence-corrected chi connectivity index (χ3v) is 4.36. The van der Waals surface area contributed by atoms with E-state index in [-0.39, 0.29) is 11.2 Å². The van der Waals surface area contributed by atoms with Crippen molar-refractivity contribution in [2.75, 3.05) is 12.3 Å². The Bertz CT molecular complexity index is 478. The van der Waals surface area contributed by atoms with Gasteiger partial charge >= 0.3 is 0 Å². The zero-order chi connectivity index (χ0) is 13.8. The zero-order valence-electron chi connectivity index (χ0n) is 11.2. The van der Waals surface area contributed by atoms with Crippen LogP contribution in [0.25, 0.3) is 0 Å². The minimum atomic E-state index is -3.28. The van der Waals surface area contributed by atoms with Gasteiger partial charge in [0, 0.05) is 12.2 Å². The summed E-state index contributed by atoms with van der Waals surface area (Å²) in [6.07, 6.45) is 0.928. The van der Waals surface area contributed by atoms with E-state index in [1.54, 1.807) is 24.3 Å². The van der Waals surface area contributed by atoms with Gasteiger partial charge in [-0.3, -0.25) is 0 Å². The Morgan fingerprint density at radius 1 is 1.22 bits per heavy atom. The van der Waals surface area contributed by atoms with Crippen molar-refractivity contribution in [3.63, 3.8) is 0 Å².